The maximum absolute atomic E-state index is 13.1. The van der Waals surface area contributed by atoms with Gasteiger partial charge in [-0.15, -0.1) is 0 Å². The van der Waals surface area contributed by atoms with E-state index in [-0.39, 0.29) is 11.6 Å². The summed E-state index contributed by atoms with van der Waals surface area (Å²) in [5, 5.41) is 12.8. The van der Waals surface area contributed by atoms with Crippen LogP contribution in [0.25, 0.3) is 0 Å². The number of nitrogens with one attached hydrogen (secondary N) is 1. The van der Waals surface area contributed by atoms with Crippen LogP contribution >= 0.6 is 11.6 Å². The molecule has 1 atom stereocenters. The molecule has 0 spiro atoms. The van der Waals surface area contributed by atoms with E-state index in [9.17, 15) is 4.39 Å². The van der Waals surface area contributed by atoms with Crippen LogP contribution in [0.2, 0.25) is 5.02 Å². The van der Waals surface area contributed by atoms with Gasteiger partial charge in [0.05, 0.1) is 11.3 Å². The molecular formula is C15H12ClFN2. The second kappa shape index (κ2) is 5.73. The first kappa shape index (κ1) is 13.4. The highest BCUT2D eigenvalue weighted by Gasteiger charge is 2.09. The van der Waals surface area contributed by atoms with Crippen molar-refractivity contribution in [3.8, 4) is 6.07 Å². The summed E-state index contributed by atoms with van der Waals surface area (Å²) in [5.74, 6) is -0.419. The molecule has 2 aromatic rings. The average Bonchev–Trinajstić information content (AvgIpc) is 2.40. The van der Waals surface area contributed by atoms with Crippen LogP contribution in [-0.2, 0) is 0 Å². The molecule has 1 unspecified atom stereocenters. The standard InChI is InChI=1S/C15H12ClFN2/c1-10(11-3-2-4-13(16)7-11)19-15-6-5-14(17)8-12(15)9-18/h2-8,10,19H,1H3. The lowest BCUT2D eigenvalue weighted by Gasteiger charge is -2.17. The Kier molecular flexibility index (Phi) is 4.03. The summed E-state index contributed by atoms with van der Waals surface area (Å²) in [5.41, 5.74) is 1.89. The molecule has 0 heterocycles. The first-order valence-corrected chi connectivity index (χ1v) is 6.19. The lowest BCUT2D eigenvalue weighted by atomic mass is 10.1. The van der Waals surface area contributed by atoms with Gasteiger partial charge >= 0.3 is 0 Å². The Bertz CT molecular complexity index is 634. The Morgan fingerprint density at radius 3 is 2.74 bits per heavy atom. The van der Waals surface area contributed by atoms with Crippen LogP contribution in [0.1, 0.15) is 24.1 Å². The van der Waals surface area contributed by atoms with Gasteiger partial charge < -0.3 is 5.32 Å². The minimum Gasteiger partial charge on any atom is -0.377 e. The van der Waals surface area contributed by atoms with Crippen molar-refractivity contribution >= 4 is 17.3 Å². The fraction of sp³-hybridized carbons (Fsp3) is 0.133. The van der Waals surface area contributed by atoms with Crippen LogP contribution in [0.15, 0.2) is 42.5 Å². The molecule has 0 saturated carbocycles. The minimum absolute atomic E-state index is 0.0312. The second-order valence-electron chi connectivity index (χ2n) is 4.22. The van der Waals surface area contributed by atoms with Crippen molar-refractivity contribution in [2.45, 2.75) is 13.0 Å². The van der Waals surface area contributed by atoms with E-state index in [0.717, 1.165) is 5.56 Å². The third-order valence-electron chi connectivity index (χ3n) is 2.82. The van der Waals surface area contributed by atoms with E-state index in [1.165, 1.54) is 12.1 Å². The van der Waals surface area contributed by atoms with Gasteiger partial charge in [-0.25, -0.2) is 4.39 Å². The zero-order valence-corrected chi connectivity index (χ0v) is 11.1. The van der Waals surface area contributed by atoms with Crippen molar-refractivity contribution in [2.24, 2.45) is 0 Å². The van der Waals surface area contributed by atoms with Crippen molar-refractivity contribution in [3.63, 3.8) is 0 Å². The molecular weight excluding hydrogens is 263 g/mol. The van der Waals surface area contributed by atoms with E-state index in [4.69, 9.17) is 16.9 Å². The van der Waals surface area contributed by atoms with Gasteiger partial charge in [-0.3, -0.25) is 0 Å². The molecule has 0 bridgehead atoms. The summed E-state index contributed by atoms with van der Waals surface area (Å²) < 4.78 is 13.1. The van der Waals surface area contributed by atoms with Gasteiger partial charge in [0.2, 0.25) is 0 Å². The topological polar surface area (TPSA) is 35.8 Å². The van der Waals surface area contributed by atoms with Crippen LogP contribution < -0.4 is 5.32 Å². The second-order valence-corrected chi connectivity index (χ2v) is 4.66. The number of anilines is 1. The summed E-state index contributed by atoms with van der Waals surface area (Å²) in [6.07, 6.45) is 0. The molecule has 0 aliphatic rings. The number of hydrogen-bond acceptors (Lipinski definition) is 2. The van der Waals surface area contributed by atoms with E-state index < -0.39 is 5.82 Å². The number of halogens is 2. The van der Waals surface area contributed by atoms with Crippen LogP contribution in [-0.4, -0.2) is 0 Å². The Labute approximate surface area is 116 Å². The molecule has 0 aliphatic heterocycles. The molecule has 0 amide bonds. The van der Waals surface area contributed by atoms with Gasteiger partial charge in [0, 0.05) is 11.1 Å². The maximum atomic E-state index is 13.1. The van der Waals surface area contributed by atoms with Crippen molar-refractivity contribution in [2.75, 3.05) is 5.32 Å². The summed E-state index contributed by atoms with van der Waals surface area (Å²) in [7, 11) is 0. The Hall–Kier alpha value is -2.05. The molecule has 0 radical (unpaired) electrons. The lowest BCUT2D eigenvalue weighted by molar-refractivity contribution is 0.627. The largest absolute Gasteiger partial charge is 0.377 e. The van der Waals surface area contributed by atoms with E-state index in [1.807, 2.05) is 31.2 Å². The molecule has 1 N–H and O–H groups in total. The van der Waals surface area contributed by atoms with Gasteiger partial charge in [-0.05, 0) is 42.8 Å². The maximum Gasteiger partial charge on any atom is 0.124 e. The fourth-order valence-corrected chi connectivity index (χ4v) is 2.03. The highest BCUT2D eigenvalue weighted by molar-refractivity contribution is 6.30. The molecule has 96 valence electrons. The van der Waals surface area contributed by atoms with Gasteiger partial charge in [0.15, 0.2) is 0 Å². The smallest absolute Gasteiger partial charge is 0.124 e. The highest BCUT2D eigenvalue weighted by Crippen LogP contribution is 2.24. The molecule has 2 rings (SSSR count). The van der Waals surface area contributed by atoms with E-state index in [2.05, 4.69) is 5.32 Å². The molecule has 0 aromatic heterocycles. The molecule has 4 heteroatoms. The Morgan fingerprint density at radius 2 is 2.05 bits per heavy atom. The number of rotatable bonds is 3. The van der Waals surface area contributed by atoms with Crippen molar-refractivity contribution < 1.29 is 4.39 Å². The third kappa shape index (κ3) is 3.24. The van der Waals surface area contributed by atoms with E-state index in [0.29, 0.717) is 10.7 Å². The van der Waals surface area contributed by atoms with Crippen LogP contribution in [0.5, 0.6) is 0 Å². The van der Waals surface area contributed by atoms with E-state index in [1.54, 1.807) is 12.1 Å². The van der Waals surface area contributed by atoms with Gasteiger partial charge in [-0.1, -0.05) is 23.7 Å². The van der Waals surface area contributed by atoms with Crippen molar-refractivity contribution in [3.05, 3.63) is 64.4 Å². The number of nitrogens with zero attached hydrogens (tertiary/aromatic N) is 1. The lowest BCUT2D eigenvalue weighted by Crippen LogP contribution is -2.07. The zero-order valence-electron chi connectivity index (χ0n) is 10.3. The highest BCUT2D eigenvalue weighted by atomic mass is 35.5. The average molecular weight is 275 g/mol. The predicted octanol–water partition coefficient (Wildman–Crippen LogP) is 4.52. The van der Waals surface area contributed by atoms with Crippen LogP contribution in [0.3, 0.4) is 0 Å². The monoisotopic (exact) mass is 274 g/mol. The first-order valence-electron chi connectivity index (χ1n) is 5.82. The van der Waals surface area contributed by atoms with Gasteiger partial charge in [0.25, 0.3) is 0 Å². The molecule has 0 saturated heterocycles. The molecule has 19 heavy (non-hydrogen) atoms. The summed E-state index contributed by atoms with van der Waals surface area (Å²) in [6, 6.07) is 13.5. The number of nitriles is 1. The zero-order chi connectivity index (χ0) is 13.8. The van der Waals surface area contributed by atoms with Crippen molar-refractivity contribution in [1.29, 1.82) is 5.26 Å². The molecule has 2 aromatic carbocycles. The summed E-state index contributed by atoms with van der Waals surface area (Å²) in [4.78, 5) is 0. The fourth-order valence-electron chi connectivity index (χ4n) is 1.83. The Balaban J connectivity index is 2.24. The molecule has 0 aliphatic carbocycles. The number of hydrogen-bond donors (Lipinski definition) is 1. The normalized spacial score (nSPS) is 11.7. The quantitative estimate of drug-likeness (QED) is 0.893. The van der Waals surface area contributed by atoms with E-state index >= 15 is 0 Å². The predicted molar refractivity (Wildman–Crippen MR) is 74.6 cm³/mol. The summed E-state index contributed by atoms with van der Waals surface area (Å²) in [6.45, 7) is 1.95. The molecule has 2 nitrogen and oxygen atoms in total. The van der Waals surface area contributed by atoms with Crippen LogP contribution in [0, 0.1) is 17.1 Å². The van der Waals surface area contributed by atoms with Crippen LogP contribution in [0.4, 0.5) is 10.1 Å². The van der Waals surface area contributed by atoms with Gasteiger partial charge in [-0.2, -0.15) is 5.26 Å². The first-order chi connectivity index (χ1) is 9.10. The molecule has 0 fully saturated rings. The number of benzene rings is 2. The van der Waals surface area contributed by atoms with Crippen molar-refractivity contribution in [1.82, 2.24) is 0 Å². The third-order valence-corrected chi connectivity index (χ3v) is 3.06. The van der Waals surface area contributed by atoms with Gasteiger partial charge in [0.1, 0.15) is 11.9 Å². The SMILES string of the molecule is CC(Nc1ccc(F)cc1C#N)c1cccc(Cl)c1. The Morgan fingerprint density at radius 1 is 1.26 bits per heavy atom. The summed E-state index contributed by atoms with van der Waals surface area (Å²) >= 11 is 5.94. The minimum atomic E-state index is -0.419.